The molecule has 0 heterocycles. The van der Waals surface area contributed by atoms with Crippen LogP contribution in [0.4, 0.5) is 11.4 Å². The number of rotatable bonds is 4. The third-order valence-corrected chi connectivity index (χ3v) is 2.55. The molecular weight excluding hydrogens is 254 g/mol. The maximum Gasteiger partial charge on any atom is 0.238 e. The molecule has 0 aliphatic heterocycles. The van der Waals surface area contributed by atoms with E-state index in [1.165, 1.54) is 0 Å². The van der Waals surface area contributed by atoms with Gasteiger partial charge in [-0.15, -0.1) is 0 Å². The number of hydrogen-bond donors (Lipinski definition) is 2. The summed E-state index contributed by atoms with van der Waals surface area (Å²) >= 11 is 0. The molecular formula is C15H23N3O2. The van der Waals surface area contributed by atoms with E-state index in [9.17, 15) is 9.59 Å². The lowest BCUT2D eigenvalue weighted by atomic mass is 9.95. The fourth-order valence-corrected chi connectivity index (χ4v) is 1.48. The number of hydrogen-bond acceptors (Lipinski definition) is 3. The highest BCUT2D eigenvalue weighted by molar-refractivity contribution is 5.96. The number of carbonyl (C=O) groups is 2. The topological polar surface area (TPSA) is 61.4 Å². The third-order valence-electron chi connectivity index (χ3n) is 2.55. The van der Waals surface area contributed by atoms with E-state index in [0.717, 1.165) is 0 Å². The Balaban J connectivity index is 2.71. The van der Waals surface area contributed by atoms with Crippen molar-refractivity contribution in [2.75, 3.05) is 31.3 Å². The van der Waals surface area contributed by atoms with Crippen molar-refractivity contribution in [2.24, 2.45) is 5.41 Å². The first-order chi connectivity index (χ1) is 9.18. The number of nitrogens with zero attached hydrogens (tertiary/aromatic N) is 1. The molecule has 0 bridgehead atoms. The number of benzene rings is 1. The molecule has 0 spiro atoms. The summed E-state index contributed by atoms with van der Waals surface area (Å²) in [6, 6.07) is 7.13. The zero-order chi connectivity index (χ0) is 15.3. The minimum Gasteiger partial charge on any atom is -0.326 e. The van der Waals surface area contributed by atoms with Crippen LogP contribution >= 0.6 is 0 Å². The van der Waals surface area contributed by atoms with Crippen molar-refractivity contribution in [1.29, 1.82) is 0 Å². The predicted molar refractivity (Wildman–Crippen MR) is 81.7 cm³/mol. The summed E-state index contributed by atoms with van der Waals surface area (Å²) in [5.74, 6) is -0.149. The molecule has 1 aromatic rings. The van der Waals surface area contributed by atoms with Gasteiger partial charge >= 0.3 is 0 Å². The SMILES string of the molecule is CN(C)CC(=O)Nc1cccc(NC(=O)C(C)(C)C)c1. The van der Waals surface area contributed by atoms with Crippen LogP contribution in [0.25, 0.3) is 0 Å². The summed E-state index contributed by atoms with van der Waals surface area (Å²) < 4.78 is 0. The summed E-state index contributed by atoms with van der Waals surface area (Å²) in [7, 11) is 3.67. The number of likely N-dealkylation sites (N-methyl/N-ethyl adjacent to an activating group) is 1. The summed E-state index contributed by atoms with van der Waals surface area (Å²) in [6.45, 7) is 5.87. The lowest BCUT2D eigenvalue weighted by Crippen LogP contribution is -2.28. The molecule has 20 heavy (non-hydrogen) atoms. The van der Waals surface area contributed by atoms with Gasteiger partial charge in [0.15, 0.2) is 0 Å². The molecule has 0 saturated carbocycles. The van der Waals surface area contributed by atoms with E-state index in [1.54, 1.807) is 29.2 Å². The average Bonchev–Trinajstić information content (AvgIpc) is 2.26. The second-order valence-electron chi connectivity index (χ2n) is 6.07. The quantitative estimate of drug-likeness (QED) is 0.886. The van der Waals surface area contributed by atoms with Gasteiger partial charge in [0.25, 0.3) is 0 Å². The molecule has 2 amide bonds. The van der Waals surface area contributed by atoms with E-state index in [0.29, 0.717) is 17.9 Å². The standard InChI is InChI=1S/C15H23N3O2/c1-15(2,3)14(20)17-12-8-6-7-11(9-12)16-13(19)10-18(4)5/h6-9H,10H2,1-5H3,(H,16,19)(H,17,20). The van der Waals surface area contributed by atoms with E-state index in [-0.39, 0.29) is 11.8 Å². The Labute approximate surface area is 120 Å². The first kappa shape index (κ1) is 16.2. The van der Waals surface area contributed by atoms with Crippen LogP contribution in [-0.4, -0.2) is 37.4 Å². The summed E-state index contributed by atoms with van der Waals surface area (Å²) in [6.07, 6.45) is 0. The summed E-state index contributed by atoms with van der Waals surface area (Å²) in [5.41, 5.74) is 0.889. The van der Waals surface area contributed by atoms with Crippen LogP contribution in [0.5, 0.6) is 0 Å². The third kappa shape index (κ3) is 5.40. The van der Waals surface area contributed by atoms with Gasteiger partial charge in [-0.3, -0.25) is 9.59 Å². The average molecular weight is 277 g/mol. The van der Waals surface area contributed by atoms with E-state index in [1.807, 2.05) is 34.9 Å². The smallest absolute Gasteiger partial charge is 0.238 e. The van der Waals surface area contributed by atoms with Crippen molar-refractivity contribution >= 4 is 23.2 Å². The molecule has 0 atom stereocenters. The van der Waals surface area contributed by atoms with Gasteiger partial charge in [-0.1, -0.05) is 26.8 Å². The van der Waals surface area contributed by atoms with E-state index < -0.39 is 5.41 Å². The Morgan fingerprint density at radius 3 is 2.15 bits per heavy atom. The highest BCUT2D eigenvalue weighted by Crippen LogP contribution is 2.19. The summed E-state index contributed by atoms with van der Waals surface area (Å²) in [5, 5.41) is 5.63. The molecule has 2 N–H and O–H groups in total. The number of nitrogens with one attached hydrogen (secondary N) is 2. The molecule has 0 aliphatic carbocycles. The van der Waals surface area contributed by atoms with E-state index >= 15 is 0 Å². The Morgan fingerprint density at radius 1 is 1.10 bits per heavy atom. The molecule has 5 heteroatoms. The summed E-state index contributed by atoms with van der Waals surface area (Å²) in [4.78, 5) is 25.4. The first-order valence-corrected chi connectivity index (χ1v) is 6.54. The normalized spacial score (nSPS) is 11.3. The highest BCUT2D eigenvalue weighted by atomic mass is 16.2. The lowest BCUT2D eigenvalue weighted by molar-refractivity contribution is -0.123. The Kier molecular flexibility index (Phi) is 5.27. The fraction of sp³-hybridized carbons (Fsp3) is 0.467. The van der Waals surface area contributed by atoms with Crippen LogP contribution in [-0.2, 0) is 9.59 Å². The predicted octanol–water partition coefficient (Wildman–Crippen LogP) is 2.17. The van der Waals surface area contributed by atoms with Crippen LogP contribution in [0.15, 0.2) is 24.3 Å². The molecule has 0 fully saturated rings. The molecule has 0 aliphatic rings. The minimum absolute atomic E-state index is 0.0609. The zero-order valence-electron chi connectivity index (χ0n) is 12.8. The number of anilines is 2. The van der Waals surface area contributed by atoms with Crippen LogP contribution in [0.1, 0.15) is 20.8 Å². The van der Waals surface area contributed by atoms with Gasteiger partial charge in [-0.05, 0) is 32.3 Å². The molecule has 1 rings (SSSR count). The first-order valence-electron chi connectivity index (χ1n) is 6.54. The van der Waals surface area contributed by atoms with Gasteiger partial charge in [-0.25, -0.2) is 0 Å². The van der Waals surface area contributed by atoms with Gasteiger partial charge in [0.2, 0.25) is 11.8 Å². The second kappa shape index (κ2) is 6.52. The van der Waals surface area contributed by atoms with Gasteiger partial charge < -0.3 is 15.5 Å². The van der Waals surface area contributed by atoms with Crippen molar-refractivity contribution in [3.05, 3.63) is 24.3 Å². The van der Waals surface area contributed by atoms with Crippen LogP contribution in [0, 0.1) is 5.41 Å². The second-order valence-corrected chi connectivity index (χ2v) is 6.07. The Morgan fingerprint density at radius 2 is 1.65 bits per heavy atom. The fourth-order valence-electron chi connectivity index (χ4n) is 1.48. The van der Waals surface area contributed by atoms with Gasteiger partial charge in [0.05, 0.1) is 6.54 Å². The van der Waals surface area contributed by atoms with Crippen molar-refractivity contribution in [3.63, 3.8) is 0 Å². The molecule has 0 saturated heterocycles. The van der Waals surface area contributed by atoms with Crippen molar-refractivity contribution in [3.8, 4) is 0 Å². The van der Waals surface area contributed by atoms with E-state index in [4.69, 9.17) is 0 Å². The molecule has 0 radical (unpaired) electrons. The number of amides is 2. The maximum absolute atomic E-state index is 11.9. The van der Waals surface area contributed by atoms with Crippen molar-refractivity contribution in [2.45, 2.75) is 20.8 Å². The van der Waals surface area contributed by atoms with Crippen LogP contribution in [0.2, 0.25) is 0 Å². The molecule has 5 nitrogen and oxygen atoms in total. The molecule has 1 aromatic carbocycles. The Hall–Kier alpha value is -1.88. The van der Waals surface area contributed by atoms with Gasteiger partial charge in [0, 0.05) is 16.8 Å². The lowest BCUT2D eigenvalue weighted by Gasteiger charge is -2.18. The Bertz CT molecular complexity index is 490. The van der Waals surface area contributed by atoms with Gasteiger partial charge in [0.1, 0.15) is 0 Å². The van der Waals surface area contributed by atoms with Crippen molar-refractivity contribution < 1.29 is 9.59 Å². The van der Waals surface area contributed by atoms with Crippen molar-refractivity contribution in [1.82, 2.24) is 4.90 Å². The minimum atomic E-state index is -0.454. The van der Waals surface area contributed by atoms with E-state index in [2.05, 4.69) is 10.6 Å². The van der Waals surface area contributed by atoms with Gasteiger partial charge in [-0.2, -0.15) is 0 Å². The highest BCUT2D eigenvalue weighted by Gasteiger charge is 2.21. The van der Waals surface area contributed by atoms with Crippen LogP contribution in [0.3, 0.4) is 0 Å². The molecule has 0 unspecified atom stereocenters. The van der Waals surface area contributed by atoms with Crippen LogP contribution < -0.4 is 10.6 Å². The maximum atomic E-state index is 11.9. The molecule has 110 valence electrons. The zero-order valence-corrected chi connectivity index (χ0v) is 12.8. The monoisotopic (exact) mass is 277 g/mol. The number of carbonyl (C=O) groups excluding carboxylic acids is 2. The molecule has 0 aromatic heterocycles. The largest absolute Gasteiger partial charge is 0.326 e.